The highest BCUT2D eigenvalue weighted by atomic mass is 32.1. The molecule has 4 heteroatoms. The standard InChI is InChI=1S/C14H23N3S/c1-3-4-12-13(9-15-10-5-6-10)18-14(16-12)17(2)11-7-8-11/h10-11,15H,3-9H2,1-2H3. The van der Waals surface area contributed by atoms with Crippen molar-refractivity contribution in [1.29, 1.82) is 0 Å². The average Bonchev–Trinajstić information content (AvgIpc) is 3.25. The summed E-state index contributed by atoms with van der Waals surface area (Å²) in [5, 5.41) is 4.85. The topological polar surface area (TPSA) is 28.2 Å². The van der Waals surface area contributed by atoms with Crippen LogP contribution >= 0.6 is 11.3 Å². The van der Waals surface area contributed by atoms with Crippen LogP contribution in [0.2, 0.25) is 0 Å². The third-order valence-corrected chi connectivity index (χ3v) is 4.97. The second-order valence-corrected chi connectivity index (χ2v) is 6.68. The Bertz CT molecular complexity index is 407. The number of nitrogens with one attached hydrogen (secondary N) is 1. The third kappa shape index (κ3) is 2.86. The molecule has 18 heavy (non-hydrogen) atoms. The zero-order chi connectivity index (χ0) is 12.5. The minimum atomic E-state index is 0.759. The van der Waals surface area contributed by atoms with Crippen molar-refractivity contribution in [2.75, 3.05) is 11.9 Å². The summed E-state index contributed by atoms with van der Waals surface area (Å²) in [7, 11) is 2.20. The molecule has 0 aromatic carbocycles. The van der Waals surface area contributed by atoms with Crippen molar-refractivity contribution >= 4 is 16.5 Å². The van der Waals surface area contributed by atoms with Gasteiger partial charge in [-0.1, -0.05) is 13.3 Å². The van der Waals surface area contributed by atoms with E-state index in [-0.39, 0.29) is 0 Å². The summed E-state index contributed by atoms with van der Waals surface area (Å²) in [6, 6.07) is 1.54. The maximum Gasteiger partial charge on any atom is 0.185 e. The molecule has 3 rings (SSSR count). The Kier molecular flexibility index (Phi) is 3.57. The van der Waals surface area contributed by atoms with E-state index in [0.717, 1.165) is 25.0 Å². The first kappa shape index (κ1) is 12.4. The van der Waals surface area contributed by atoms with Crippen LogP contribution in [0.5, 0.6) is 0 Å². The molecule has 1 aromatic heterocycles. The van der Waals surface area contributed by atoms with E-state index in [1.165, 1.54) is 47.8 Å². The zero-order valence-corrected chi connectivity index (χ0v) is 12.2. The van der Waals surface area contributed by atoms with Gasteiger partial charge < -0.3 is 10.2 Å². The lowest BCUT2D eigenvalue weighted by molar-refractivity contribution is 0.686. The molecule has 0 spiro atoms. The van der Waals surface area contributed by atoms with Crippen molar-refractivity contribution in [3.63, 3.8) is 0 Å². The van der Waals surface area contributed by atoms with Crippen molar-refractivity contribution in [3.05, 3.63) is 10.6 Å². The van der Waals surface area contributed by atoms with Crippen molar-refractivity contribution in [2.24, 2.45) is 0 Å². The zero-order valence-electron chi connectivity index (χ0n) is 11.4. The van der Waals surface area contributed by atoms with E-state index in [2.05, 4.69) is 24.2 Å². The van der Waals surface area contributed by atoms with Crippen LogP contribution in [0.1, 0.15) is 49.6 Å². The first-order chi connectivity index (χ1) is 8.78. The van der Waals surface area contributed by atoms with Gasteiger partial charge in [0.15, 0.2) is 5.13 Å². The van der Waals surface area contributed by atoms with Gasteiger partial charge in [-0.05, 0) is 32.1 Å². The monoisotopic (exact) mass is 265 g/mol. The van der Waals surface area contributed by atoms with E-state index < -0.39 is 0 Å². The molecule has 0 atom stereocenters. The quantitative estimate of drug-likeness (QED) is 0.821. The van der Waals surface area contributed by atoms with Crippen LogP contribution in [0, 0.1) is 0 Å². The number of nitrogens with zero attached hydrogens (tertiary/aromatic N) is 2. The third-order valence-electron chi connectivity index (χ3n) is 3.78. The predicted octanol–water partition coefficient (Wildman–Crippen LogP) is 2.95. The molecule has 2 fully saturated rings. The van der Waals surface area contributed by atoms with E-state index in [9.17, 15) is 0 Å². The lowest BCUT2D eigenvalue weighted by Gasteiger charge is -2.13. The second kappa shape index (κ2) is 5.17. The minimum absolute atomic E-state index is 0.759. The van der Waals surface area contributed by atoms with Crippen molar-refractivity contribution in [1.82, 2.24) is 10.3 Å². The van der Waals surface area contributed by atoms with Crippen LogP contribution < -0.4 is 10.2 Å². The van der Waals surface area contributed by atoms with Crippen LogP contribution in [0.15, 0.2) is 0 Å². The lowest BCUT2D eigenvalue weighted by atomic mass is 10.2. The molecule has 1 N–H and O–H groups in total. The van der Waals surface area contributed by atoms with Gasteiger partial charge in [0.2, 0.25) is 0 Å². The molecule has 2 aliphatic carbocycles. The van der Waals surface area contributed by atoms with E-state index in [1.54, 1.807) is 0 Å². The maximum atomic E-state index is 4.86. The Morgan fingerprint density at radius 2 is 2.11 bits per heavy atom. The molecule has 0 bridgehead atoms. The molecule has 3 nitrogen and oxygen atoms in total. The van der Waals surface area contributed by atoms with Gasteiger partial charge in [0.25, 0.3) is 0 Å². The minimum Gasteiger partial charge on any atom is -0.348 e. The number of hydrogen-bond donors (Lipinski definition) is 1. The van der Waals surface area contributed by atoms with E-state index in [1.807, 2.05) is 11.3 Å². The summed E-state index contributed by atoms with van der Waals surface area (Å²) < 4.78 is 0. The molecule has 0 unspecified atom stereocenters. The summed E-state index contributed by atoms with van der Waals surface area (Å²) in [6.07, 6.45) is 7.71. The van der Waals surface area contributed by atoms with Gasteiger partial charge in [0.05, 0.1) is 5.69 Å². The lowest BCUT2D eigenvalue weighted by Crippen LogP contribution is -2.18. The fraction of sp³-hybridized carbons (Fsp3) is 0.786. The smallest absolute Gasteiger partial charge is 0.185 e. The maximum absolute atomic E-state index is 4.86. The Morgan fingerprint density at radius 3 is 2.72 bits per heavy atom. The van der Waals surface area contributed by atoms with Gasteiger partial charge in [0.1, 0.15) is 0 Å². The largest absolute Gasteiger partial charge is 0.348 e. The summed E-state index contributed by atoms with van der Waals surface area (Å²) in [5.41, 5.74) is 1.33. The molecule has 0 amide bonds. The molecule has 0 saturated heterocycles. The summed E-state index contributed by atoms with van der Waals surface area (Å²) in [4.78, 5) is 8.71. The van der Waals surface area contributed by atoms with Gasteiger partial charge >= 0.3 is 0 Å². The van der Waals surface area contributed by atoms with E-state index in [4.69, 9.17) is 4.98 Å². The Labute approximate surface area is 114 Å². The summed E-state index contributed by atoms with van der Waals surface area (Å²) in [6.45, 7) is 3.26. The number of anilines is 1. The van der Waals surface area contributed by atoms with Gasteiger partial charge in [-0.15, -0.1) is 11.3 Å². The number of thiazole rings is 1. The highest BCUT2D eigenvalue weighted by Crippen LogP contribution is 2.34. The number of rotatable bonds is 7. The highest BCUT2D eigenvalue weighted by molar-refractivity contribution is 7.15. The number of aromatic nitrogens is 1. The van der Waals surface area contributed by atoms with Gasteiger partial charge in [0, 0.05) is 30.6 Å². The second-order valence-electron chi connectivity index (χ2n) is 5.61. The molecule has 2 saturated carbocycles. The predicted molar refractivity (Wildman–Crippen MR) is 77.4 cm³/mol. The van der Waals surface area contributed by atoms with Crippen LogP contribution in [-0.2, 0) is 13.0 Å². The van der Waals surface area contributed by atoms with Crippen LogP contribution in [-0.4, -0.2) is 24.1 Å². The molecule has 2 aliphatic rings. The van der Waals surface area contributed by atoms with Crippen molar-refractivity contribution in [2.45, 2.75) is 64.1 Å². The fourth-order valence-corrected chi connectivity index (χ4v) is 3.32. The van der Waals surface area contributed by atoms with Crippen molar-refractivity contribution < 1.29 is 0 Å². The molecular formula is C14H23N3S. The van der Waals surface area contributed by atoms with Gasteiger partial charge in [-0.3, -0.25) is 0 Å². The van der Waals surface area contributed by atoms with Crippen LogP contribution in [0.25, 0.3) is 0 Å². The Morgan fingerprint density at radius 1 is 1.33 bits per heavy atom. The van der Waals surface area contributed by atoms with E-state index >= 15 is 0 Å². The SMILES string of the molecule is CCCc1nc(N(C)C2CC2)sc1CNC1CC1. The molecule has 100 valence electrons. The van der Waals surface area contributed by atoms with E-state index in [0.29, 0.717) is 0 Å². The van der Waals surface area contributed by atoms with Gasteiger partial charge in [-0.25, -0.2) is 4.98 Å². The number of aryl methyl sites for hydroxylation is 1. The fourth-order valence-electron chi connectivity index (χ4n) is 2.23. The molecular weight excluding hydrogens is 242 g/mol. The Balaban J connectivity index is 1.71. The molecule has 1 heterocycles. The van der Waals surface area contributed by atoms with Crippen LogP contribution in [0.4, 0.5) is 5.13 Å². The molecule has 1 aromatic rings. The highest BCUT2D eigenvalue weighted by Gasteiger charge is 2.29. The molecule has 0 radical (unpaired) electrons. The van der Waals surface area contributed by atoms with Crippen molar-refractivity contribution in [3.8, 4) is 0 Å². The van der Waals surface area contributed by atoms with Gasteiger partial charge in [-0.2, -0.15) is 0 Å². The first-order valence-electron chi connectivity index (χ1n) is 7.22. The number of hydrogen-bond acceptors (Lipinski definition) is 4. The Hall–Kier alpha value is -0.610. The first-order valence-corrected chi connectivity index (χ1v) is 8.04. The summed E-state index contributed by atoms with van der Waals surface area (Å²) in [5.74, 6) is 0. The summed E-state index contributed by atoms with van der Waals surface area (Å²) >= 11 is 1.90. The molecule has 0 aliphatic heterocycles. The normalized spacial score (nSPS) is 19.2. The average molecular weight is 265 g/mol. The van der Waals surface area contributed by atoms with Crippen LogP contribution in [0.3, 0.4) is 0 Å².